The number of carbonyl (C=O) groups excluding carboxylic acids is 6. The van der Waals surface area contributed by atoms with E-state index in [4.69, 9.17) is 14.2 Å². The van der Waals surface area contributed by atoms with Gasteiger partial charge in [0.05, 0.1) is 0 Å². The number of alkyl carbamates (subject to hydrolysis) is 2. The summed E-state index contributed by atoms with van der Waals surface area (Å²) in [6.07, 6.45) is -6.50. The van der Waals surface area contributed by atoms with E-state index < -0.39 is 95.6 Å². The van der Waals surface area contributed by atoms with Crippen LogP contribution in [0.2, 0.25) is 0 Å². The number of aliphatic hydroxyl groups excluding tert-OH is 2. The van der Waals surface area contributed by atoms with Crippen LogP contribution in [-0.4, -0.2) is 119 Å². The van der Waals surface area contributed by atoms with Gasteiger partial charge in [-0.1, -0.05) is 88.4 Å². The molecule has 2 aromatic rings. The lowest BCUT2D eigenvalue weighted by Gasteiger charge is -2.27. The maximum atomic E-state index is 13.7. The van der Waals surface area contributed by atoms with E-state index in [0.717, 1.165) is 11.1 Å². The largest absolute Gasteiger partial charge is 0.444 e. The van der Waals surface area contributed by atoms with Crippen LogP contribution in [-0.2, 0) is 46.2 Å². The van der Waals surface area contributed by atoms with E-state index in [1.807, 2.05) is 12.1 Å². The molecule has 0 unspecified atom stereocenters. The molecule has 338 valence electrons. The summed E-state index contributed by atoms with van der Waals surface area (Å²) in [6, 6.07) is 13.7. The molecule has 0 bridgehead atoms. The van der Waals surface area contributed by atoms with E-state index in [0.29, 0.717) is 0 Å². The number of carbonyl (C=O) groups is 6. The van der Waals surface area contributed by atoms with Crippen molar-refractivity contribution in [1.82, 2.24) is 31.9 Å². The van der Waals surface area contributed by atoms with Crippen LogP contribution in [0.1, 0.15) is 80.4 Å². The Bertz CT molecular complexity index is 1640. The molecule has 0 aromatic heterocycles. The van der Waals surface area contributed by atoms with Crippen LogP contribution in [0.3, 0.4) is 0 Å². The monoisotopic (exact) mass is 854 g/mol. The molecule has 3 rings (SSSR count). The minimum absolute atomic E-state index is 0.0939. The Morgan fingerprint density at radius 3 is 1.18 bits per heavy atom. The normalized spacial score (nSPS) is 19.8. The minimum atomic E-state index is -1.46. The zero-order chi connectivity index (χ0) is 45.7. The van der Waals surface area contributed by atoms with Crippen LogP contribution in [0.4, 0.5) is 9.59 Å². The Labute approximate surface area is 358 Å². The third-order valence-corrected chi connectivity index (χ3v) is 9.49. The molecule has 1 fully saturated rings. The molecule has 1 aliphatic heterocycles. The van der Waals surface area contributed by atoms with Crippen molar-refractivity contribution in [3.63, 3.8) is 0 Å². The van der Waals surface area contributed by atoms with Gasteiger partial charge in [0.1, 0.15) is 59.8 Å². The Kier molecular flexibility index (Phi) is 18.5. The van der Waals surface area contributed by atoms with Crippen molar-refractivity contribution in [1.29, 1.82) is 0 Å². The van der Waals surface area contributed by atoms with Gasteiger partial charge in [0, 0.05) is 25.9 Å². The van der Waals surface area contributed by atoms with E-state index in [1.165, 1.54) is 0 Å². The Morgan fingerprint density at radius 2 is 0.885 bits per heavy atom. The zero-order valence-electron chi connectivity index (χ0n) is 36.9. The molecule has 2 aromatic carbocycles. The summed E-state index contributed by atoms with van der Waals surface area (Å²) >= 11 is 0. The lowest BCUT2D eigenvalue weighted by Crippen LogP contribution is -2.57. The predicted molar refractivity (Wildman–Crippen MR) is 227 cm³/mol. The van der Waals surface area contributed by atoms with Crippen molar-refractivity contribution in [2.45, 2.75) is 142 Å². The fourth-order valence-corrected chi connectivity index (χ4v) is 6.39. The van der Waals surface area contributed by atoms with Crippen LogP contribution in [0.15, 0.2) is 60.7 Å². The van der Waals surface area contributed by atoms with Crippen LogP contribution in [0.5, 0.6) is 0 Å². The third kappa shape index (κ3) is 17.0. The summed E-state index contributed by atoms with van der Waals surface area (Å²) in [4.78, 5) is 79.6. The topological polar surface area (TPSA) is 243 Å². The van der Waals surface area contributed by atoms with Gasteiger partial charge in [-0.3, -0.25) is 19.2 Å². The van der Waals surface area contributed by atoms with Gasteiger partial charge in [0.15, 0.2) is 0 Å². The molecule has 17 nitrogen and oxygen atoms in total. The average Bonchev–Trinajstić information content (AvgIpc) is 3.43. The van der Waals surface area contributed by atoms with Gasteiger partial charge < -0.3 is 56.3 Å². The predicted octanol–water partition coefficient (Wildman–Crippen LogP) is 2.26. The number of rotatable bonds is 18. The molecule has 1 heterocycles. The smallest absolute Gasteiger partial charge is 0.408 e. The molecule has 0 saturated carbocycles. The standard InChI is InChI=1S/C44H66N6O11/c1-25(2)33(49-41(57)60-43(5,6)7)39(55)47-29(21-27-17-13-11-14-18-27)37(53)45-23-31-35(51)36(52)32(59-31)24-46-38(54)30(22-28-19-15-12-16-20-28)48-40(56)34(26(3)4)50-42(58)61-44(8,9)10/h11-20,25-26,29-36,51-52H,21-24H2,1-10H3,(H,45,53)(H,46,54)(H,47,55)(H,48,56)(H,49,57)(H,50,58)/t29-,30-,31+,32+,33-,34+,35+,36+/m0/s1. The second kappa shape index (κ2) is 22.5. The number of nitrogens with one attached hydrogen (secondary N) is 6. The first kappa shape index (κ1) is 50.1. The molecule has 1 saturated heterocycles. The van der Waals surface area contributed by atoms with Crippen molar-refractivity contribution < 1.29 is 53.2 Å². The molecule has 8 atom stereocenters. The van der Waals surface area contributed by atoms with Gasteiger partial charge in [0.25, 0.3) is 0 Å². The summed E-state index contributed by atoms with van der Waals surface area (Å²) in [5, 5.41) is 38.0. The van der Waals surface area contributed by atoms with Gasteiger partial charge in [-0.25, -0.2) is 9.59 Å². The van der Waals surface area contributed by atoms with Gasteiger partial charge in [-0.15, -0.1) is 0 Å². The summed E-state index contributed by atoms with van der Waals surface area (Å²) < 4.78 is 16.6. The zero-order valence-corrected chi connectivity index (χ0v) is 36.9. The first-order valence-corrected chi connectivity index (χ1v) is 20.7. The minimum Gasteiger partial charge on any atom is -0.444 e. The molecule has 8 N–H and O–H groups in total. The average molecular weight is 855 g/mol. The van der Waals surface area contributed by atoms with Crippen molar-refractivity contribution in [2.24, 2.45) is 11.8 Å². The maximum Gasteiger partial charge on any atom is 0.408 e. The highest BCUT2D eigenvalue weighted by molar-refractivity contribution is 5.92. The summed E-state index contributed by atoms with van der Waals surface area (Å²) in [5.74, 6) is -3.17. The van der Waals surface area contributed by atoms with E-state index in [-0.39, 0.29) is 37.8 Å². The maximum absolute atomic E-state index is 13.7. The van der Waals surface area contributed by atoms with E-state index in [1.54, 1.807) is 118 Å². The lowest BCUT2D eigenvalue weighted by molar-refractivity contribution is -0.131. The van der Waals surface area contributed by atoms with Crippen molar-refractivity contribution in [3.8, 4) is 0 Å². The second-order valence-electron chi connectivity index (χ2n) is 17.9. The molecule has 17 heteroatoms. The summed E-state index contributed by atoms with van der Waals surface area (Å²) in [6.45, 7) is 16.6. The number of aliphatic hydroxyl groups is 2. The fourth-order valence-electron chi connectivity index (χ4n) is 6.39. The lowest BCUT2D eigenvalue weighted by atomic mass is 10.0. The first-order valence-electron chi connectivity index (χ1n) is 20.7. The van der Waals surface area contributed by atoms with Gasteiger partial charge >= 0.3 is 12.2 Å². The SMILES string of the molecule is CC(C)[C@H](NC(=O)OC(C)(C)C)C(=O)N[C@@H](Cc1ccccc1)C(=O)NC[C@H]1O[C@H](CNC(=O)[C@H](Cc2ccccc2)NC(=O)[C@H](NC(=O)OC(C)(C)C)C(C)C)[C@@H](O)[C@@H]1O. The molecule has 1 aliphatic rings. The van der Waals surface area contributed by atoms with E-state index in [2.05, 4.69) is 31.9 Å². The quantitative estimate of drug-likeness (QED) is 0.108. The van der Waals surface area contributed by atoms with Crippen LogP contribution < -0.4 is 31.9 Å². The van der Waals surface area contributed by atoms with E-state index in [9.17, 15) is 39.0 Å². The van der Waals surface area contributed by atoms with Crippen molar-refractivity contribution in [3.05, 3.63) is 71.8 Å². The highest BCUT2D eigenvalue weighted by atomic mass is 16.6. The summed E-state index contributed by atoms with van der Waals surface area (Å²) in [5.41, 5.74) is -0.111. The Morgan fingerprint density at radius 1 is 0.557 bits per heavy atom. The highest BCUT2D eigenvalue weighted by Crippen LogP contribution is 2.21. The van der Waals surface area contributed by atoms with Crippen LogP contribution >= 0.6 is 0 Å². The van der Waals surface area contributed by atoms with Crippen LogP contribution in [0.25, 0.3) is 0 Å². The number of ether oxygens (including phenoxy) is 3. The number of benzene rings is 2. The van der Waals surface area contributed by atoms with Gasteiger partial charge in [-0.05, 0) is 64.5 Å². The fraction of sp³-hybridized carbons (Fsp3) is 0.591. The molecular weight excluding hydrogens is 789 g/mol. The number of amides is 6. The van der Waals surface area contributed by atoms with E-state index >= 15 is 0 Å². The van der Waals surface area contributed by atoms with Crippen molar-refractivity contribution >= 4 is 35.8 Å². The Balaban J connectivity index is 1.69. The van der Waals surface area contributed by atoms with Crippen LogP contribution in [0, 0.1) is 11.8 Å². The molecule has 0 spiro atoms. The Hall–Kier alpha value is -5.26. The highest BCUT2D eigenvalue weighted by Gasteiger charge is 2.43. The second-order valence-corrected chi connectivity index (χ2v) is 17.9. The van der Waals surface area contributed by atoms with Gasteiger partial charge in [-0.2, -0.15) is 0 Å². The molecule has 0 radical (unpaired) electrons. The third-order valence-electron chi connectivity index (χ3n) is 9.49. The number of hydrogen-bond donors (Lipinski definition) is 8. The number of hydrogen-bond acceptors (Lipinski definition) is 11. The van der Waals surface area contributed by atoms with Crippen molar-refractivity contribution in [2.75, 3.05) is 13.1 Å². The molecule has 0 aliphatic carbocycles. The first-order chi connectivity index (χ1) is 28.4. The molecule has 61 heavy (non-hydrogen) atoms. The summed E-state index contributed by atoms with van der Waals surface area (Å²) in [7, 11) is 0. The van der Waals surface area contributed by atoms with Gasteiger partial charge in [0.2, 0.25) is 23.6 Å². The molecule has 6 amide bonds. The molecular formula is C44H66N6O11.